The minimum absolute atomic E-state index is 0.153. The molecule has 4 rings (SSSR count). The van der Waals surface area contributed by atoms with Crippen LogP contribution in [0.4, 0.5) is 4.39 Å². The van der Waals surface area contributed by atoms with Gasteiger partial charge in [0.2, 0.25) is 10.0 Å². The first-order valence-electron chi connectivity index (χ1n) is 8.41. The Morgan fingerprint density at radius 1 is 1.19 bits per heavy atom. The highest BCUT2D eigenvalue weighted by atomic mass is 35.5. The standard InChI is InChI=1S/C18H16ClFN2O3S2/c19-12-3-1-4-14(11-12)27(23,24)22-9-7-13(8-10-22)25-18-21-17-15(20)5-2-6-16(17)26-18/h1-6,11,13H,7-10H2. The van der Waals surface area contributed by atoms with Gasteiger partial charge in [-0.1, -0.05) is 35.1 Å². The highest BCUT2D eigenvalue weighted by Crippen LogP contribution is 2.31. The van der Waals surface area contributed by atoms with Gasteiger partial charge in [0.15, 0.2) is 0 Å². The molecule has 1 aliphatic heterocycles. The summed E-state index contributed by atoms with van der Waals surface area (Å²) in [5, 5.41) is 0.795. The van der Waals surface area contributed by atoms with Crippen molar-refractivity contribution in [2.75, 3.05) is 13.1 Å². The quantitative estimate of drug-likeness (QED) is 0.623. The molecule has 27 heavy (non-hydrogen) atoms. The first kappa shape index (κ1) is 18.6. The Hall–Kier alpha value is -1.74. The summed E-state index contributed by atoms with van der Waals surface area (Å²) in [6.07, 6.45) is 0.926. The first-order valence-corrected chi connectivity index (χ1v) is 11.0. The van der Waals surface area contributed by atoms with E-state index in [1.165, 1.54) is 27.8 Å². The second-order valence-corrected chi connectivity index (χ2v) is 9.61. The molecule has 1 aliphatic rings. The van der Waals surface area contributed by atoms with Crippen LogP contribution in [0.1, 0.15) is 12.8 Å². The van der Waals surface area contributed by atoms with E-state index >= 15 is 0 Å². The van der Waals surface area contributed by atoms with Gasteiger partial charge in [-0.3, -0.25) is 0 Å². The zero-order chi connectivity index (χ0) is 19.0. The highest BCUT2D eigenvalue weighted by Gasteiger charge is 2.30. The SMILES string of the molecule is O=S(=O)(c1cccc(Cl)c1)N1CCC(Oc2nc3c(F)cccc3s2)CC1. The number of benzene rings is 2. The summed E-state index contributed by atoms with van der Waals surface area (Å²) in [5.74, 6) is -0.374. The molecule has 3 aromatic rings. The molecule has 0 unspecified atom stereocenters. The third kappa shape index (κ3) is 3.80. The molecule has 1 fully saturated rings. The lowest BCUT2D eigenvalue weighted by molar-refractivity contribution is 0.135. The Bertz CT molecular complexity index is 1080. The molecule has 2 aromatic carbocycles. The van der Waals surface area contributed by atoms with E-state index in [4.69, 9.17) is 16.3 Å². The van der Waals surface area contributed by atoms with Gasteiger partial charge in [-0.05, 0) is 43.2 Å². The second kappa shape index (κ2) is 7.35. The average Bonchev–Trinajstić information content (AvgIpc) is 3.06. The Balaban J connectivity index is 1.43. The topological polar surface area (TPSA) is 59.5 Å². The van der Waals surface area contributed by atoms with E-state index in [0.29, 0.717) is 41.7 Å². The Morgan fingerprint density at radius 2 is 1.93 bits per heavy atom. The Labute approximate surface area is 165 Å². The van der Waals surface area contributed by atoms with Crippen molar-refractivity contribution in [3.63, 3.8) is 0 Å². The van der Waals surface area contributed by atoms with Gasteiger partial charge < -0.3 is 4.74 Å². The van der Waals surface area contributed by atoms with Crippen LogP contribution >= 0.6 is 22.9 Å². The summed E-state index contributed by atoms with van der Waals surface area (Å²) in [5.41, 5.74) is 0.304. The van der Waals surface area contributed by atoms with Crippen LogP contribution in [0, 0.1) is 5.82 Å². The predicted molar refractivity (Wildman–Crippen MR) is 103 cm³/mol. The number of hydrogen-bond acceptors (Lipinski definition) is 5. The number of sulfonamides is 1. The summed E-state index contributed by atoms with van der Waals surface area (Å²) < 4.78 is 47.3. The van der Waals surface area contributed by atoms with Crippen LogP contribution in [-0.2, 0) is 10.0 Å². The fourth-order valence-corrected chi connectivity index (χ4v) is 5.72. The number of para-hydroxylation sites is 1. The number of rotatable bonds is 4. The number of aromatic nitrogens is 1. The van der Waals surface area contributed by atoms with E-state index in [-0.39, 0.29) is 16.8 Å². The minimum Gasteiger partial charge on any atom is -0.467 e. The zero-order valence-corrected chi connectivity index (χ0v) is 16.5. The molecule has 0 amide bonds. The maximum Gasteiger partial charge on any atom is 0.274 e. The van der Waals surface area contributed by atoms with Gasteiger partial charge in [-0.2, -0.15) is 9.29 Å². The largest absolute Gasteiger partial charge is 0.467 e. The molecule has 1 saturated heterocycles. The molecule has 0 N–H and O–H groups in total. The fraction of sp³-hybridized carbons (Fsp3) is 0.278. The molecule has 0 spiro atoms. The number of hydrogen-bond donors (Lipinski definition) is 0. The number of thiazole rings is 1. The lowest BCUT2D eigenvalue weighted by Gasteiger charge is -2.30. The van der Waals surface area contributed by atoms with E-state index in [9.17, 15) is 12.8 Å². The van der Waals surface area contributed by atoms with Crippen molar-refractivity contribution in [3.8, 4) is 5.19 Å². The van der Waals surface area contributed by atoms with Gasteiger partial charge in [0.25, 0.3) is 5.19 Å². The van der Waals surface area contributed by atoms with E-state index < -0.39 is 10.0 Å². The molecule has 0 aliphatic carbocycles. The molecule has 2 heterocycles. The Morgan fingerprint density at radius 3 is 2.63 bits per heavy atom. The third-order valence-corrected chi connectivity index (χ3v) is 7.49. The maximum absolute atomic E-state index is 13.8. The molecule has 142 valence electrons. The Kier molecular flexibility index (Phi) is 5.07. The van der Waals surface area contributed by atoms with Crippen molar-refractivity contribution in [1.29, 1.82) is 0 Å². The fourth-order valence-electron chi connectivity index (χ4n) is 3.05. The molecular weight excluding hydrogens is 411 g/mol. The summed E-state index contributed by atoms with van der Waals surface area (Å²) >= 11 is 7.20. The molecule has 9 heteroatoms. The van der Waals surface area contributed by atoms with Crippen LogP contribution in [-0.4, -0.2) is 36.9 Å². The summed E-state index contributed by atoms with van der Waals surface area (Å²) in [6.45, 7) is 0.692. The zero-order valence-electron chi connectivity index (χ0n) is 14.1. The molecule has 1 aromatic heterocycles. The monoisotopic (exact) mass is 426 g/mol. The van der Waals surface area contributed by atoms with Gasteiger partial charge in [0.05, 0.1) is 9.60 Å². The molecule has 0 radical (unpaired) electrons. The summed E-state index contributed by atoms with van der Waals surface area (Å²) in [6, 6.07) is 11.1. The lowest BCUT2D eigenvalue weighted by Crippen LogP contribution is -2.41. The summed E-state index contributed by atoms with van der Waals surface area (Å²) in [7, 11) is -3.58. The normalized spacial score (nSPS) is 16.7. The highest BCUT2D eigenvalue weighted by molar-refractivity contribution is 7.89. The van der Waals surface area contributed by atoms with E-state index in [1.54, 1.807) is 30.3 Å². The number of ether oxygens (including phenoxy) is 1. The van der Waals surface area contributed by atoms with Crippen molar-refractivity contribution in [3.05, 3.63) is 53.3 Å². The van der Waals surface area contributed by atoms with E-state index in [2.05, 4.69) is 4.98 Å². The van der Waals surface area contributed by atoms with Crippen LogP contribution in [0.3, 0.4) is 0 Å². The van der Waals surface area contributed by atoms with Crippen molar-refractivity contribution in [2.24, 2.45) is 0 Å². The molecule has 0 bridgehead atoms. The number of piperidine rings is 1. The maximum atomic E-state index is 13.8. The van der Waals surface area contributed by atoms with Gasteiger partial charge in [-0.15, -0.1) is 0 Å². The van der Waals surface area contributed by atoms with Crippen molar-refractivity contribution >= 4 is 43.2 Å². The second-order valence-electron chi connectivity index (χ2n) is 6.25. The number of nitrogens with zero attached hydrogens (tertiary/aromatic N) is 2. The van der Waals surface area contributed by atoms with Crippen LogP contribution in [0.2, 0.25) is 5.02 Å². The van der Waals surface area contributed by atoms with Crippen LogP contribution in [0.25, 0.3) is 10.2 Å². The minimum atomic E-state index is -3.58. The molecule has 0 atom stereocenters. The third-order valence-electron chi connectivity index (χ3n) is 4.45. The smallest absolute Gasteiger partial charge is 0.274 e. The van der Waals surface area contributed by atoms with E-state index in [1.807, 2.05) is 0 Å². The number of fused-ring (bicyclic) bond motifs is 1. The van der Waals surface area contributed by atoms with Gasteiger partial charge in [0.1, 0.15) is 17.4 Å². The lowest BCUT2D eigenvalue weighted by atomic mass is 10.1. The molecule has 0 saturated carbocycles. The average molecular weight is 427 g/mol. The number of halogens is 2. The van der Waals surface area contributed by atoms with E-state index in [0.717, 1.165) is 4.70 Å². The van der Waals surface area contributed by atoms with Gasteiger partial charge >= 0.3 is 0 Å². The van der Waals surface area contributed by atoms with Crippen LogP contribution in [0.15, 0.2) is 47.4 Å². The van der Waals surface area contributed by atoms with Crippen LogP contribution < -0.4 is 4.74 Å². The first-order chi connectivity index (χ1) is 12.9. The van der Waals surface area contributed by atoms with Crippen molar-refractivity contribution in [1.82, 2.24) is 9.29 Å². The predicted octanol–water partition coefficient (Wildman–Crippen LogP) is 4.32. The van der Waals surface area contributed by atoms with Gasteiger partial charge in [-0.25, -0.2) is 12.8 Å². The van der Waals surface area contributed by atoms with Gasteiger partial charge in [0, 0.05) is 18.1 Å². The van der Waals surface area contributed by atoms with Crippen molar-refractivity contribution < 1.29 is 17.5 Å². The molecular formula is C18H16ClFN2O3S2. The molecule has 5 nitrogen and oxygen atoms in total. The van der Waals surface area contributed by atoms with Crippen LogP contribution in [0.5, 0.6) is 5.19 Å². The van der Waals surface area contributed by atoms with Crippen molar-refractivity contribution in [2.45, 2.75) is 23.8 Å². The summed E-state index contributed by atoms with van der Waals surface area (Å²) in [4.78, 5) is 4.40.